The fraction of sp³-hybridized carbons (Fsp3) is 0.810. The first kappa shape index (κ1) is 15.0. The Morgan fingerprint density at radius 2 is 1.95 bits per heavy atom. The average molecular weight is 300 g/mol. The van der Waals surface area contributed by atoms with Crippen molar-refractivity contribution in [3.8, 4) is 0 Å². The largest absolute Gasteiger partial charge is 0.389 e. The van der Waals surface area contributed by atoms with Gasteiger partial charge in [0.2, 0.25) is 0 Å². The third-order valence-corrected chi connectivity index (χ3v) is 7.98. The first-order valence-corrected chi connectivity index (χ1v) is 9.59. The van der Waals surface area contributed by atoms with Crippen LogP contribution in [0.25, 0.3) is 0 Å². The molecule has 0 amide bonds. The lowest BCUT2D eigenvalue weighted by Gasteiger charge is -2.57. The Morgan fingerprint density at radius 3 is 2.73 bits per heavy atom. The molecule has 3 saturated carbocycles. The van der Waals surface area contributed by atoms with Crippen LogP contribution in [0.15, 0.2) is 23.3 Å². The van der Waals surface area contributed by atoms with Gasteiger partial charge in [-0.2, -0.15) is 0 Å². The number of fused-ring (bicyclic) bond motifs is 5. The van der Waals surface area contributed by atoms with Crippen molar-refractivity contribution < 1.29 is 5.11 Å². The van der Waals surface area contributed by atoms with Gasteiger partial charge in [0.15, 0.2) is 0 Å². The lowest BCUT2D eigenvalue weighted by molar-refractivity contribution is -0.0253. The van der Waals surface area contributed by atoms with Crippen LogP contribution >= 0.6 is 0 Å². The highest BCUT2D eigenvalue weighted by molar-refractivity contribution is 5.27. The minimum absolute atomic E-state index is 0.172. The van der Waals surface area contributed by atoms with E-state index in [2.05, 4.69) is 32.9 Å². The van der Waals surface area contributed by atoms with Crippen LogP contribution in [0.4, 0.5) is 0 Å². The van der Waals surface area contributed by atoms with Gasteiger partial charge in [0.05, 0.1) is 6.10 Å². The molecule has 0 spiro atoms. The number of allylic oxidation sites excluding steroid dienone is 3. The highest BCUT2D eigenvalue weighted by atomic mass is 16.3. The van der Waals surface area contributed by atoms with Crippen LogP contribution in [0, 0.1) is 35.0 Å². The highest BCUT2D eigenvalue weighted by Crippen LogP contribution is 2.63. The second kappa shape index (κ2) is 5.23. The Hall–Kier alpha value is -0.560. The summed E-state index contributed by atoms with van der Waals surface area (Å²) < 4.78 is 0. The maximum atomic E-state index is 10.0. The molecule has 0 radical (unpaired) electrons. The summed E-state index contributed by atoms with van der Waals surface area (Å²) in [6.45, 7) is 7.30. The Kier molecular flexibility index (Phi) is 3.56. The monoisotopic (exact) mass is 300 g/mol. The highest BCUT2D eigenvalue weighted by Gasteiger charge is 2.55. The Bertz CT molecular complexity index is 516. The summed E-state index contributed by atoms with van der Waals surface area (Å²) in [5.41, 5.74) is 3.75. The standard InChI is InChI=1S/C21H32O/c1-4-14-5-7-18-17-8-6-15-12-16(22)9-10-21(15,3)19(17)11-13(2)20(14)18/h4,12-13,16-20,22H,5-11H2,1-3H3/t13-,16?,17?,18?,19?,20?,21+/m1/s1. The van der Waals surface area contributed by atoms with Crippen molar-refractivity contribution in [1.29, 1.82) is 0 Å². The molecule has 0 bridgehead atoms. The van der Waals surface area contributed by atoms with E-state index in [9.17, 15) is 5.11 Å². The second-order valence-electron chi connectivity index (χ2n) is 8.83. The number of hydrogen-bond acceptors (Lipinski definition) is 1. The molecule has 1 N–H and O–H groups in total. The maximum Gasteiger partial charge on any atom is 0.0724 e. The Morgan fingerprint density at radius 1 is 1.18 bits per heavy atom. The smallest absolute Gasteiger partial charge is 0.0724 e. The molecule has 4 aliphatic carbocycles. The fourth-order valence-corrected chi connectivity index (χ4v) is 6.96. The van der Waals surface area contributed by atoms with Crippen LogP contribution in [0.2, 0.25) is 0 Å². The van der Waals surface area contributed by atoms with E-state index >= 15 is 0 Å². The van der Waals surface area contributed by atoms with Gasteiger partial charge in [0.25, 0.3) is 0 Å². The van der Waals surface area contributed by atoms with E-state index in [-0.39, 0.29) is 6.10 Å². The van der Waals surface area contributed by atoms with Gasteiger partial charge in [-0.25, -0.2) is 0 Å². The molecule has 7 atom stereocenters. The molecule has 0 aromatic carbocycles. The third kappa shape index (κ3) is 2.00. The number of aliphatic hydroxyl groups is 1. The molecule has 0 heterocycles. The zero-order valence-corrected chi connectivity index (χ0v) is 14.5. The van der Waals surface area contributed by atoms with Crippen molar-refractivity contribution in [2.75, 3.05) is 0 Å². The van der Waals surface area contributed by atoms with Crippen molar-refractivity contribution in [2.45, 2.75) is 71.8 Å². The maximum absolute atomic E-state index is 10.0. The number of aliphatic hydroxyl groups excluding tert-OH is 1. The zero-order chi connectivity index (χ0) is 15.5. The first-order chi connectivity index (χ1) is 10.5. The van der Waals surface area contributed by atoms with Gasteiger partial charge in [-0.15, -0.1) is 0 Å². The fourth-order valence-electron chi connectivity index (χ4n) is 6.96. The molecule has 4 aliphatic rings. The topological polar surface area (TPSA) is 20.2 Å². The predicted molar refractivity (Wildman–Crippen MR) is 91.4 cm³/mol. The molecule has 0 aliphatic heterocycles. The van der Waals surface area contributed by atoms with E-state index in [4.69, 9.17) is 0 Å². The van der Waals surface area contributed by atoms with Crippen molar-refractivity contribution in [3.63, 3.8) is 0 Å². The van der Waals surface area contributed by atoms with Gasteiger partial charge in [0, 0.05) is 0 Å². The number of hydrogen-bond donors (Lipinski definition) is 1. The van der Waals surface area contributed by atoms with Crippen LogP contribution in [-0.2, 0) is 0 Å². The molecule has 0 aromatic rings. The zero-order valence-electron chi connectivity index (χ0n) is 14.5. The molecule has 1 nitrogen and oxygen atoms in total. The van der Waals surface area contributed by atoms with Gasteiger partial charge in [-0.3, -0.25) is 0 Å². The quantitative estimate of drug-likeness (QED) is 0.616. The van der Waals surface area contributed by atoms with Gasteiger partial charge in [-0.1, -0.05) is 37.1 Å². The molecular weight excluding hydrogens is 268 g/mol. The first-order valence-electron chi connectivity index (χ1n) is 9.59. The lowest BCUT2D eigenvalue weighted by Crippen LogP contribution is -2.49. The minimum atomic E-state index is -0.172. The van der Waals surface area contributed by atoms with Crippen LogP contribution in [0.1, 0.15) is 65.7 Å². The predicted octanol–water partition coefficient (Wildman–Crippen LogP) is 5.11. The van der Waals surface area contributed by atoms with Crippen LogP contribution in [-0.4, -0.2) is 11.2 Å². The van der Waals surface area contributed by atoms with Gasteiger partial charge in [-0.05, 0) is 86.9 Å². The summed E-state index contributed by atoms with van der Waals surface area (Å²) in [4.78, 5) is 0. The normalized spacial score (nSPS) is 52.7. The summed E-state index contributed by atoms with van der Waals surface area (Å²) in [5, 5.41) is 10.0. The molecule has 0 aromatic heterocycles. The SMILES string of the molecule is CC=C1CCC2C3CCC4=CC(O)CC[C@]4(C)C3C[C@@H](C)C12. The Balaban J connectivity index is 1.68. The molecule has 1 heteroatoms. The van der Waals surface area contributed by atoms with E-state index in [0.717, 1.165) is 36.0 Å². The van der Waals surface area contributed by atoms with E-state index in [1.54, 1.807) is 11.1 Å². The second-order valence-corrected chi connectivity index (χ2v) is 8.83. The molecular formula is C21H32O. The average Bonchev–Trinajstić information content (AvgIpc) is 2.94. The summed E-state index contributed by atoms with van der Waals surface area (Å²) >= 11 is 0. The minimum Gasteiger partial charge on any atom is -0.389 e. The van der Waals surface area contributed by atoms with Crippen molar-refractivity contribution in [1.82, 2.24) is 0 Å². The third-order valence-electron chi connectivity index (χ3n) is 7.98. The molecule has 3 fully saturated rings. The molecule has 22 heavy (non-hydrogen) atoms. The van der Waals surface area contributed by atoms with Gasteiger partial charge >= 0.3 is 0 Å². The summed E-state index contributed by atoms with van der Waals surface area (Å²) in [5.74, 6) is 4.49. The molecule has 0 saturated heterocycles. The lowest BCUT2D eigenvalue weighted by atomic mass is 9.48. The number of rotatable bonds is 0. The van der Waals surface area contributed by atoms with Crippen molar-refractivity contribution in [3.05, 3.63) is 23.3 Å². The van der Waals surface area contributed by atoms with Crippen molar-refractivity contribution in [2.24, 2.45) is 35.0 Å². The van der Waals surface area contributed by atoms with Crippen molar-refractivity contribution >= 4 is 0 Å². The van der Waals surface area contributed by atoms with E-state index < -0.39 is 0 Å². The summed E-state index contributed by atoms with van der Waals surface area (Å²) in [6, 6.07) is 0. The Labute approximate surface area is 135 Å². The van der Waals surface area contributed by atoms with Crippen LogP contribution in [0.3, 0.4) is 0 Å². The summed E-state index contributed by atoms with van der Waals surface area (Å²) in [6.07, 6.45) is 13.5. The van der Waals surface area contributed by atoms with E-state index in [0.29, 0.717) is 5.41 Å². The van der Waals surface area contributed by atoms with Crippen LogP contribution < -0.4 is 0 Å². The molecule has 5 unspecified atom stereocenters. The van der Waals surface area contributed by atoms with E-state index in [1.807, 2.05) is 0 Å². The van der Waals surface area contributed by atoms with Crippen LogP contribution in [0.5, 0.6) is 0 Å². The molecule has 4 rings (SSSR count). The van der Waals surface area contributed by atoms with Gasteiger partial charge < -0.3 is 5.11 Å². The molecule has 122 valence electrons. The van der Waals surface area contributed by atoms with E-state index in [1.165, 1.54) is 38.5 Å². The summed E-state index contributed by atoms with van der Waals surface area (Å²) in [7, 11) is 0. The van der Waals surface area contributed by atoms with Gasteiger partial charge in [0.1, 0.15) is 0 Å².